The topological polar surface area (TPSA) is 26.0 Å². The van der Waals surface area contributed by atoms with Crippen LogP contribution in [-0.2, 0) is 6.42 Å². The average molecular weight is 315 g/mol. The third-order valence-corrected chi connectivity index (χ3v) is 4.30. The van der Waals surface area contributed by atoms with E-state index in [-0.39, 0.29) is 6.04 Å². The molecule has 2 aromatic carbocycles. The van der Waals surface area contributed by atoms with E-state index in [4.69, 9.17) is 40.5 Å². The SMILES string of the molecule is Cc1c(Cl)cccc1C(N)Cc1ccc(Cl)c(Cl)c1. The molecule has 1 unspecified atom stereocenters. The van der Waals surface area contributed by atoms with Gasteiger partial charge in [-0.05, 0) is 48.2 Å². The quantitative estimate of drug-likeness (QED) is 0.828. The van der Waals surface area contributed by atoms with E-state index < -0.39 is 0 Å². The van der Waals surface area contributed by atoms with E-state index in [1.165, 1.54) is 0 Å². The number of hydrogen-bond acceptors (Lipinski definition) is 1. The Hall–Kier alpha value is -0.730. The highest BCUT2D eigenvalue weighted by Gasteiger charge is 2.12. The molecule has 0 saturated carbocycles. The monoisotopic (exact) mass is 313 g/mol. The molecule has 0 fully saturated rings. The normalized spacial score (nSPS) is 12.5. The fraction of sp³-hybridized carbons (Fsp3) is 0.200. The summed E-state index contributed by atoms with van der Waals surface area (Å²) in [6.45, 7) is 1.98. The van der Waals surface area contributed by atoms with E-state index >= 15 is 0 Å². The van der Waals surface area contributed by atoms with Crippen molar-refractivity contribution in [3.8, 4) is 0 Å². The fourth-order valence-corrected chi connectivity index (χ4v) is 2.56. The molecule has 19 heavy (non-hydrogen) atoms. The molecule has 0 aliphatic rings. The minimum Gasteiger partial charge on any atom is -0.324 e. The van der Waals surface area contributed by atoms with Crippen molar-refractivity contribution in [2.24, 2.45) is 5.73 Å². The van der Waals surface area contributed by atoms with Crippen molar-refractivity contribution >= 4 is 34.8 Å². The molecule has 0 bridgehead atoms. The van der Waals surface area contributed by atoms with Gasteiger partial charge in [0.1, 0.15) is 0 Å². The molecule has 2 N–H and O–H groups in total. The van der Waals surface area contributed by atoms with Gasteiger partial charge in [-0.2, -0.15) is 0 Å². The lowest BCUT2D eigenvalue weighted by Crippen LogP contribution is -2.14. The lowest BCUT2D eigenvalue weighted by molar-refractivity contribution is 0.717. The molecule has 1 nitrogen and oxygen atoms in total. The van der Waals surface area contributed by atoms with Crippen molar-refractivity contribution in [1.29, 1.82) is 0 Å². The van der Waals surface area contributed by atoms with Gasteiger partial charge in [0.15, 0.2) is 0 Å². The summed E-state index contributed by atoms with van der Waals surface area (Å²) in [4.78, 5) is 0. The van der Waals surface area contributed by atoms with E-state index in [1.807, 2.05) is 37.3 Å². The first-order valence-corrected chi connectivity index (χ1v) is 7.07. The molecule has 2 aromatic rings. The predicted octanol–water partition coefficient (Wildman–Crippen LogP) is 5.20. The van der Waals surface area contributed by atoms with E-state index in [0.717, 1.165) is 21.7 Å². The van der Waals surface area contributed by atoms with Crippen LogP contribution in [0.2, 0.25) is 15.1 Å². The maximum Gasteiger partial charge on any atom is 0.0595 e. The molecule has 2 rings (SSSR count). The second-order valence-corrected chi connectivity index (χ2v) is 5.73. The maximum atomic E-state index is 6.25. The molecule has 100 valence electrons. The molecule has 0 aliphatic heterocycles. The van der Waals surface area contributed by atoms with Crippen LogP contribution in [0.4, 0.5) is 0 Å². The molecular weight excluding hydrogens is 301 g/mol. The van der Waals surface area contributed by atoms with Crippen LogP contribution in [0.3, 0.4) is 0 Å². The lowest BCUT2D eigenvalue weighted by atomic mass is 9.96. The average Bonchev–Trinajstić information content (AvgIpc) is 2.37. The van der Waals surface area contributed by atoms with Gasteiger partial charge in [-0.15, -0.1) is 0 Å². The fourth-order valence-electron chi connectivity index (χ4n) is 2.06. The van der Waals surface area contributed by atoms with Crippen molar-refractivity contribution in [3.63, 3.8) is 0 Å². The zero-order valence-electron chi connectivity index (χ0n) is 10.5. The summed E-state index contributed by atoms with van der Waals surface area (Å²) in [7, 11) is 0. The Balaban J connectivity index is 2.23. The number of halogens is 3. The third kappa shape index (κ3) is 3.43. The predicted molar refractivity (Wildman–Crippen MR) is 83.3 cm³/mol. The summed E-state index contributed by atoms with van der Waals surface area (Å²) in [5.41, 5.74) is 9.39. The van der Waals surface area contributed by atoms with Crippen molar-refractivity contribution in [3.05, 3.63) is 68.2 Å². The molecule has 0 aliphatic carbocycles. The van der Waals surface area contributed by atoms with E-state index in [2.05, 4.69) is 0 Å². The number of hydrogen-bond donors (Lipinski definition) is 1. The van der Waals surface area contributed by atoms with Gasteiger partial charge in [-0.25, -0.2) is 0 Å². The largest absolute Gasteiger partial charge is 0.324 e. The molecule has 0 radical (unpaired) electrons. The summed E-state index contributed by atoms with van der Waals surface area (Å²) in [6.07, 6.45) is 0.693. The summed E-state index contributed by atoms with van der Waals surface area (Å²) in [5, 5.41) is 1.84. The van der Waals surface area contributed by atoms with Crippen LogP contribution in [-0.4, -0.2) is 0 Å². The van der Waals surface area contributed by atoms with Gasteiger partial charge in [0.05, 0.1) is 10.0 Å². The van der Waals surface area contributed by atoms with Crippen LogP contribution >= 0.6 is 34.8 Å². The van der Waals surface area contributed by atoms with Gasteiger partial charge < -0.3 is 5.73 Å². The second kappa shape index (κ2) is 6.15. The number of rotatable bonds is 3. The summed E-state index contributed by atoms with van der Waals surface area (Å²) in [5.74, 6) is 0. The standard InChI is InChI=1S/C15H14Cl3N/c1-9-11(3-2-4-12(9)16)15(19)8-10-5-6-13(17)14(18)7-10/h2-7,15H,8,19H2,1H3. The number of benzene rings is 2. The summed E-state index contributed by atoms with van der Waals surface area (Å²) in [6, 6.07) is 11.2. The van der Waals surface area contributed by atoms with E-state index in [0.29, 0.717) is 16.5 Å². The van der Waals surface area contributed by atoms with Gasteiger partial charge >= 0.3 is 0 Å². The van der Waals surface area contributed by atoms with E-state index in [9.17, 15) is 0 Å². The van der Waals surface area contributed by atoms with Gasteiger partial charge in [0.2, 0.25) is 0 Å². The van der Waals surface area contributed by atoms with Crippen molar-refractivity contribution < 1.29 is 0 Å². The molecule has 0 aromatic heterocycles. The molecule has 4 heteroatoms. The summed E-state index contributed by atoms with van der Waals surface area (Å²) >= 11 is 18.0. The molecular formula is C15H14Cl3N. The van der Waals surface area contributed by atoms with E-state index in [1.54, 1.807) is 6.07 Å². The van der Waals surface area contributed by atoms with Crippen molar-refractivity contribution in [2.75, 3.05) is 0 Å². The van der Waals surface area contributed by atoms with Crippen molar-refractivity contribution in [2.45, 2.75) is 19.4 Å². The first kappa shape index (κ1) is 14.7. The highest BCUT2D eigenvalue weighted by Crippen LogP contribution is 2.27. The highest BCUT2D eigenvalue weighted by atomic mass is 35.5. The first-order chi connectivity index (χ1) is 8.99. The Morgan fingerprint density at radius 1 is 1.00 bits per heavy atom. The highest BCUT2D eigenvalue weighted by molar-refractivity contribution is 6.42. The van der Waals surface area contributed by atoms with Gasteiger partial charge in [0, 0.05) is 11.1 Å². The van der Waals surface area contributed by atoms with Crippen LogP contribution in [0.25, 0.3) is 0 Å². The van der Waals surface area contributed by atoms with Gasteiger partial charge in [-0.3, -0.25) is 0 Å². The maximum absolute atomic E-state index is 6.25. The molecule has 1 atom stereocenters. The Bertz CT molecular complexity index is 596. The Kier molecular flexibility index (Phi) is 4.75. The minimum atomic E-state index is -0.115. The Morgan fingerprint density at radius 3 is 2.42 bits per heavy atom. The second-order valence-electron chi connectivity index (χ2n) is 4.51. The zero-order chi connectivity index (χ0) is 14.0. The van der Waals surface area contributed by atoms with Gasteiger partial charge in [0.25, 0.3) is 0 Å². The zero-order valence-corrected chi connectivity index (χ0v) is 12.7. The van der Waals surface area contributed by atoms with Crippen LogP contribution in [0.5, 0.6) is 0 Å². The third-order valence-electron chi connectivity index (χ3n) is 3.15. The van der Waals surface area contributed by atoms with Crippen LogP contribution in [0.15, 0.2) is 36.4 Å². The Labute approximate surface area is 128 Å². The van der Waals surface area contributed by atoms with Crippen LogP contribution in [0, 0.1) is 6.92 Å². The van der Waals surface area contributed by atoms with Gasteiger partial charge in [-0.1, -0.05) is 53.0 Å². The minimum absolute atomic E-state index is 0.115. The molecule has 0 spiro atoms. The molecule has 0 heterocycles. The first-order valence-electron chi connectivity index (χ1n) is 5.93. The van der Waals surface area contributed by atoms with Crippen molar-refractivity contribution in [1.82, 2.24) is 0 Å². The molecule has 0 amide bonds. The summed E-state index contributed by atoms with van der Waals surface area (Å²) < 4.78 is 0. The smallest absolute Gasteiger partial charge is 0.0595 e. The Morgan fingerprint density at radius 2 is 1.74 bits per heavy atom. The lowest BCUT2D eigenvalue weighted by Gasteiger charge is -2.16. The van der Waals surface area contributed by atoms with Crippen LogP contribution in [0.1, 0.15) is 22.7 Å². The van der Waals surface area contributed by atoms with Crippen LogP contribution < -0.4 is 5.73 Å². The number of nitrogens with two attached hydrogens (primary N) is 1. The molecule has 0 saturated heterocycles.